The summed E-state index contributed by atoms with van der Waals surface area (Å²) in [5, 5.41) is 6.83. The van der Waals surface area contributed by atoms with Gasteiger partial charge in [0.15, 0.2) is 0 Å². The van der Waals surface area contributed by atoms with Gasteiger partial charge in [-0.3, -0.25) is 0 Å². The van der Waals surface area contributed by atoms with Crippen LogP contribution in [0.15, 0.2) is 30.3 Å². The summed E-state index contributed by atoms with van der Waals surface area (Å²) in [6, 6.07) is 10.3. The van der Waals surface area contributed by atoms with Crippen LogP contribution in [-0.4, -0.2) is 41.4 Å². The molecule has 0 radical (unpaired) electrons. The zero-order valence-electron chi connectivity index (χ0n) is 13.8. The first-order valence-corrected chi connectivity index (χ1v) is 10.6. The summed E-state index contributed by atoms with van der Waals surface area (Å²) < 4.78 is 11.4. The minimum absolute atomic E-state index is 0.274. The van der Waals surface area contributed by atoms with Gasteiger partial charge in [-0.25, -0.2) is 0 Å². The quantitative estimate of drug-likeness (QED) is 0.486. The minimum atomic E-state index is -1.89. The highest BCUT2D eigenvalue weighted by molar-refractivity contribution is 6.64. The van der Waals surface area contributed by atoms with E-state index >= 15 is 0 Å². The Morgan fingerprint density at radius 3 is 2.48 bits per heavy atom. The van der Waals surface area contributed by atoms with E-state index in [1.807, 2.05) is 18.2 Å². The molecule has 0 heterocycles. The predicted octanol–water partition coefficient (Wildman–Crippen LogP) is 3.22. The van der Waals surface area contributed by atoms with Crippen molar-refractivity contribution in [3.63, 3.8) is 0 Å². The molecule has 2 N–H and O–H groups in total. The number of nitrogens with one attached hydrogen (secondary N) is 2. The summed E-state index contributed by atoms with van der Waals surface area (Å²) in [7, 11) is -0.153. The van der Waals surface area contributed by atoms with Gasteiger partial charge in [-0.2, -0.15) is 0 Å². The normalized spacial score (nSPS) is 13.1. The second-order valence-corrected chi connectivity index (χ2v) is 9.16. The van der Waals surface area contributed by atoms with Crippen molar-refractivity contribution < 1.29 is 8.85 Å². The van der Waals surface area contributed by atoms with Crippen LogP contribution in [0.25, 0.3) is 0 Å². The van der Waals surface area contributed by atoms with Crippen LogP contribution >= 0.6 is 0 Å². The Hall–Kier alpha value is -0.883. The highest BCUT2D eigenvalue weighted by Gasteiger charge is 2.24. The first kappa shape index (κ1) is 18.2. The third-order valence-electron chi connectivity index (χ3n) is 3.35. The monoisotopic (exact) mass is 310 g/mol. The first-order valence-electron chi connectivity index (χ1n) is 7.76. The van der Waals surface area contributed by atoms with Gasteiger partial charge in [0.05, 0.1) is 0 Å². The molecule has 0 aliphatic heterocycles. The van der Waals surface area contributed by atoms with Gasteiger partial charge in [-0.1, -0.05) is 18.2 Å². The largest absolute Gasteiger partial charge is 0.398 e. The van der Waals surface area contributed by atoms with Gasteiger partial charge < -0.3 is 19.5 Å². The van der Waals surface area contributed by atoms with Crippen molar-refractivity contribution in [2.24, 2.45) is 0 Å². The van der Waals surface area contributed by atoms with E-state index in [9.17, 15) is 0 Å². The van der Waals surface area contributed by atoms with E-state index in [1.165, 1.54) is 5.69 Å². The molecular weight excluding hydrogens is 280 g/mol. The fourth-order valence-electron chi connectivity index (χ4n) is 2.08. The standard InChI is InChI=1S/C16H30N2O2Si/c1-15(20-21(3,4)19-2)9-8-12-17-13-14-18-16-10-6-5-7-11-16/h5-7,10-11,15,17-18H,8-9,12-14H2,1-4H3. The second-order valence-electron chi connectivity index (χ2n) is 5.72. The molecule has 1 rings (SSSR count). The van der Waals surface area contributed by atoms with Crippen molar-refractivity contribution in [2.45, 2.75) is 39.0 Å². The van der Waals surface area contributed by atoms with E-state index in [2.05, 4.69) is 42.8 Å². The topological polar surface area (TPSA) is 42.5 Å². The zero-order valence-corrected chi connectivity index (χ0v) is 14.8. The molecule has 5 heteroatoms. The van der Waals surface area contributed by atoms with E-state index in [0.29, 0.717) is 0 Å². The lowest BCUT2D eigenvalue weighted by atomic mass is 10.2. The number of hydrogen-bond acceptors (Lipinski definition) is 4. The van der Waals surface area contributed by atoms with Crippen LogP contribution in [0.3, 0.4) is 0 Å². The Bertz CT molecular complexity index is 374. The lowest BCUT2D eigenvalue weighted by Crippen LogP contribution is -2.37. The number of hydrogen-bond donors (Lipinski definition) is 2. The SMILES string of the molecule is CO[Si](C)(C)OC(C)CCCNCCNc1ccccc1. The van der Waals surface area contributed by atoms with Crippen LogP contribution < -0.4 is 10.6 Å². The van der Waals surface area contributed by atoms with Crippen LogP contribution in [0.1, 0.15) is 19.8 Å². The maximum absolute atomic E-state index is 5.95. The maximum Gasteiger partial charge on any atom is 0.331 e. The molecule has 1 atom stereocenters. The van der Waals surface area contributed by atoms with Crippen molar-refractivity contribution in [3.05, 3.63) is 30.3 Å². The summed E-state index contributed by atoms with van der Waals surface area (Å²) in [5.41, 5.74) is 1.17. The molecule has 21 heavy (non-hydrogen) atoms. The Morgan fingerprint density at radius 1 is 1.10 bits per heavy atom. The fraction of sp³-hybridized carbons (Fsp3) is 0.625. The molecule has 1 unspecified atom stereocenters. The lowest BCUT2D eigenvalue weighted by Gasteiger charge is -2.25. The molecule has 1 aromatic rings. The van der Waals surface area contributed by atoms with Crippen molar-refractivity contribution in [1.29, 1.82) is 0 Å². The molecule has 0 aliphatic carbocycles. The van der Waals surface area contributed by atoms with Crippen molar-refractivity contribution >= 4 is 14.2 Å². The number of benzene rings is 1. The van der Waals surface area contributed by atoms with Gasteiger partial charge in [0, 0.05) is 32.0 Å². The predicted molar refractivity (Wildman–Crippen MR) is 92.1 cm³/mol. The van der Waals surface area contributed by atoms with Crippen molar-refractivity contribution in [1.82, 2.24) is 5.32 Å². The molecule has 0 spiro atoms. The molecule has 0 saturated carbocycles. The highest BCUT2D eigenvalue weighted by atomic mass is 28.4. The van der Waals surface area contributed by atoms with Gasteiger partial charge in [-0.05, 0) is 51.5 Å². The minimum Gasteiger partial charge on any atom is -0.398 e. The molecule has 0 fully saturated rings. The van der Waals surface area contributed by atoms with E-state index in [4.69, 9.17) is 8.85 Å². The molecule has 0 aromatic heterocycles. The molecule has 4 nitrogen and oxygen atoms in total. The molecule has 0 saturated heterocycles. The number of anilines is 1. The van der Waals surface area contributed by atoms with E-state index in [0.717, 1.165) is 32.5 Å². The average Bonchev–Trinajstić information content (AvgIpc) is 2.47. The van der Waals surface area contributed by atoms with Crippen molar-refractivity contribution in [2.75, 3.05) is 32.1 Å². The first-order chi connectivity index (χ1) is 10.0. The van der Waals surface area contributed by atoms with Gasteiger partial charge in [-0.15, -0.1) is 0 Å². The summed E-state index contributed by atoms with van der Waals surface area (Å²) >= 11 is 0. The zero-order chi connectivity index (χ0) is 15.6. The van der Waals surface area contributed by atoms with Crippen LogP contribution in [0.5, 0.6) is 0 Å². The summed E-state index contributed by atoms with van der Waals surface area (Å²) in [6.07, 6.45) is 2.47. The number of rotatable bonds is 11. The summed E-state index contributed by atoms with van der Waals surface area (Å²) in [6.45, 7) is 9.24. The molecule has 0 amide bonds. The third kappa shape index (κ3) is 8.88. The Labute approximate surface area is 130 Å². The average molecular weight is 311 g/mol. The smallest absolute Gasteiger partial charge is 0.331 e. The Kier molecular flexibility index (Phi) is 8.60. The van der Waals surface area contributed by atoms with Gasteiger partial charge in [0.25, 0.3) is 0 Å². The fourth-order valence-corrected chi connectivity index (χ4v) is 3.27. The van der Waals surface area contributed by atoms with Crippen LogP contribution in [-0.2, 0) is 8.85 Å². The van der Waals surface area contributed by atoms with Crippen LogP contribution in [0.4, 0.5) is 5.69 Å². The van der Waals surface area contributed by atoms with E-state index in [-0.39, 0.29) is 6.10 Å². The van der Waals surface area contributed by atoms with E-state index < -0.39 is 8.56 Å². The van der Waals surface area contributed by atoms with Crippen molar-refractivity contribution in [3.8, 4) is 0 Å². The van der Waals surface area contributed by atoms with Crippen LogP contribution in [0.2, 0.25) is 13.1 Å². The summed E-state index contributed by atoms with van der Waals surface area (Å²) in [4.78, 5) is 0. The van der Waals surface area contributed by atoms with Gasteiger partial charge >= 0.3 is 8.56 Å². The number of para-hydroxylation sites is 1. The molecule has 0 aliphatic rings. The Morgan fingerprint density at radius 2 is 1.81 bits per heavy atom. The van der Waals surface area contributed by atoms with Crippen LogP contribution in [0, 0.1) is 0 Å². The van der Waals surface area contributed by atoms with Gasteiger partial charge in [0.2, 0.25) is 0 Å². The second kappa shape index (κ2) is 9.95. The third-order valence-corrected chi connectivity index (χ3v) is 5.30. The lowest BCUT2D eigenvalue weighted by molar-refractivity contribution is 0.141. The Balaban J connectivity index is 1.97. The molecule has 0 bridgehead atoms. The molecule has 1 aromatic carbocycles. The molecule has 120 valence electrons. The maximum atomic E-state index is 5.95. The van der Waals surface area contributed by atoms with Gasteiger partial charge in [0.1, 0.15) is 0 Å². The summed E-state index contributed by atoms with van der Waals surface area (Å²) in [5.74, 6) is 0. The highest BCUT2D eigenvalue weighted by Crippen LogP contribution is 2.11. The van der Waals surface area contributed by atoms with E-state index in [1.54, 1.807) is 7.11 Å². The molecular formula is C16H30N2O2Si.